The summed E-state index contributed by atoms with van der Waals surface area (Å²) in [5, 5.41) is 21.1. The van der Waals surface area contributed by atoms with Crippen LogP contribution in [-0.2, 0) is 4.74 Å². The van der Waals surface area contributed by atoms with Gasteiger partial charge in [0.05, 0.1) is 35.8 Å². The second kappa shape index (κ2) is 8.58. The number of nitrogens with one attached hydrogen (secondary N) is 2. The Hall–Kier alpha value is -3.70. The third-order valence-corrected chi connectivity index (χ3v) is 5.69. The summed E-state index contributed by atoms with van der Waals surface area (Å²) in [6.07, 6.45) is 5.21. The second-order valence-electron chi connectivity index (χ2n) is 7.54. The van der Waals surface area contributed by atoms with Crippen molar-refractivity contribution < 1.29 is 9.53 Å². The molecule has 1 aliphatic rings. The molecule has 1 atom stereocenters. The van der Waals surface area contributed by atoms with Crippen molar-refractivity contribution in [2.24, 2.45) is 0 Å². The number of carbonyl (C=O) groups excluding carboxylic acids is 1. The Balaban J connectivity index is 1.67. The number of rotatable bonds is 6. The number of anilines is 1. The highest BCUT2D eigenvalue weighted by molar-refractivity contribution is 6.14. The molecule has 8 nitrogen and oxygen atoms in total. The number of methoxy groups -OCH3 is 1. The molecule has 1 amide bonds. The van der Waals surface area contributed by atoms with E-state index in [0.717, 1.165) is 19.4 Å². The number of fused-ring (bicyclic) bond motifs is 1. The van der Waals surface area contributed by atoms with Crippen LogP contribution in [0.25, 0.3) is 5.65 Å². The number of benzene rings is 1. The largest absolute Gasteiger partial charge is 0.388 e. The predicted molar refractivity (Wildman–Crippen MR) is 118 cm³/mol. The Morgan fingerprint density at radius 3 is 2.97 bits per heavy atom. The van der Waals surface area contributed by atoms with Crippen molar-refractivity contribution in [1.29, 1.82) is 10.7 Å². The summed E-state index contributed by atoms with van der Waals surface area (Å²) in [5.41, 5.74) is 3.89. The molecule has 0 aliphatic carbocycles. The molecule has 1 aromatic carbocycles. The number of hydrogen-bond donors (Lipinski definition) is 2. The Morgan fingerprint density at radius 1 is 1.39 bits per heavy atom. The molecule has 4 rings (SSSR count). The van der Waals surface area contributed by atoms with Gasteiger partial charge in [-0.3, -0.25) is 14.6 Å². The number of ether oxygens (including phenoxy) is 1. The topological polar surface area (TPSA) is 107 Å². The maximum atomic E-state index is 13.1. The molecule has 1 saturated heterocycles. The SMILES string of the molecule is CNc1cc(C(=O)N2CCCC2COC)ccc1C(=N)c1cnc2ccc(C#N)cn12. The molecule has 158 valence electrons. The van der Waals surface area contributed by atoms with Crippen molar-refractivity contribution in [2.75, 3.05) is 32.6 Å². The molecule has 0 spiro atoms. The lowest BCUT2D eigenvalue weighted by molar-refractivity contribution is 0.0630. The molecular formula is C23H24N6O2. The zero-order chi connectivity index (χ0) is 22.0. The van der Waals surface area contributed by atoms with Gasteiger partial charge in [0.15, 0.2) is 0 Å². The minimum Gasteiger partial charge on any atom is -0.388 e. The highest BCUT2D eigenvalue weighted by atomic mass is 16.5. The van der Waals surface area contributed by atoms with Gasteiger partial charge in [0, 0.05) is 43.7 Å². The van der Waals surface area contributed by atoms with Crippen LogP contribution in [-0.4, -0.2) is 59.3 Å². The molecule has 0 bridgehead atoms. The number of carbonyl (C=O) groups is 1. The molecule has 2 aromatic heterocycles. The average Bonchev–Trinajstić information content (AvgIpc) is 3.44. The maximum Gasteiger partial charge on any atom is 0.254 e. The fourth-order valence-electron chi connectivity index (χ4n) is 4.11. The Morgan fingerprint density at radius 2 is 2.23 bits per heavy atom. The summed E-state index contributed by atoms with van der Waals surface area (Å²) in [6.45, 7) is 1.26. The number of nitriles is 1. The van der Waals surface area contributed by atoms with Crippen LogP contribution in [0.15, 0.2) is 42.7 Å². The van der Waals surface area contributed by atoms with Crippen LogP contribution in [0.1, 0.15) is 40.0 Å². The standard InChI is InChI=1S/C23H24N6O2/c1-26-19-10-16(23(30)28-9-3-4-17(28)14-31-2)6-7-18(19)22(25)20-12-27-21-8-5-15(11-24)13-29(20)21/h5-8,10,12-13,17,25-26H,3-4,9,14H2,1-2H3. The number of nitrogens with zero attached hydrogens (tertiary/aromatic N) is 4. The average molecular weight is 416 g/mol. The summed E-state index contributed by atoms with van der Waals surface area (Å²) in [5.74, 6) is -0.0254. The van der Waals surface area contributed by atoms with Gasteiger partial charge >= 0.3 is 0 Å². The minimum absolute atomic E-state index is 0.0254. The minimum atomic E-state index is -0.0254. The summed E-state index contributed by atoms with van der Waals surface area (Å²) < 4.78 is 7.00. The first-order valence-corrected chi connectivity index (χ1v) is 10.2. The first-order chi connectivity index (χ1) is 15.1. The number of aromatic nitrogens is 2. The number of likely N-dealkylation sites (tertiary alicyclic amines) is 1. The molecule has 3 aromatic rings. The van der Waals surface area contributed by atoms with Crippen LogP contribution < -0.4 is 5.32 Å². The van der Waals surface area contributed by atoms with Crippen molar-refractivity contribution in [2.45, 2.75) is 18.9 Å². The van der Waals surface area contributed by atoms with E-state index in [9.17, 15) is 10.1 Å². The Bertz CT molecular complexity index is 1190. The van der Waals surface area contributed by atoms with Crippen LogP contribution in [0, 0.1) is 16.7 Å². The quantitative estimate of drug-likeness (QED) is 0.601. The predicted octanol–water partition coefficient (Wildman–Crippen LogP) is 2.91. The van der Waals surface area contributed by atoms with Crippen molar-refractivity contribution in [3.63, 3.8) is 0 Å². The van der Waals surface area contributed by atoms with E-state index < -0.39 is 0 Å². The molecule has 0 radical (unpaired) electrons. The molecule has 31 heavy (non-hydrogen) atoms. The molecular weight excluding hydrogens is 392 g/mol. The van der Waals surface area contributed by atoms with Crippen molar-refractivity contribution in [1.82, 2.24) is 14.3 Å². The van der Waals surface area contributed by atoms with Crippen LogP contribution in [0.5, 0.6) is 0 Å². The van der Waals surface area contributed by atoms with E-state index in [1.165, 1.54) is 0 Å². The van der Waals surface area contributed by atoms with Crippen LogP contribution in [0.4, 0.5) is 5.69 Å². The lowest BCUT2D eigenvalue weighted by atomic mass is 10.0. The molecule has 1 unspecified atom stereocenters. The summed E-state index contributed by atoms with van der Waals surface area (Å²) in [7, 11) is 3.42. The zero-order valence-electron chi connectivity index (χ0n) is 17.6. The van der Waals surface area contributed by atoms with Gasteiger partial charge in [-0.2, -0.15) is 5.26 Å². The third-order valence-electron chi connectivity index (χ3n) is 5.69. The van der Waals surface area contributed by atoms with E-state index in [1.54, 1.807) is 61.3 Å². The Labute approximate surface area is 180 Å². The van der Waals surface area contributed by atoms with Gasteiger partial charge in [0.2, 0.25) is 0 Å². The van der Waals surface area contributed by atoms with E-state index in [-0.39, 0.29) is 17.7 Å². The molecule has 1 aliphatic heterocycles. The summed E-state index contributed by atoms with van der Waals surface area (Å²) in [6, 6.07) is 11.0. The lowest BCUT2D eigenvalue weighted by Gasteiger charge is -2.24. The molecule has 8 heteroatoms. The monoisotopic (exact) mass is 416 g/mol. The normalized spacial score (nSPS) is 15.8. The highest BCUT2D eigenvalue weighted by Crippen LogP contribution is 2.25. The highest BCUT2D eigenvalue weighted by Gasteiger charge is 2.29. The van der Waals surface area contributed by atoms with Crippen molar-refractivity contribution in [3.05, 3.63) is 65.1 Å². The van der Waals surface area contributed by atoms with E-state index in [2.05, 4.69) is 16.4 Å². The Kier molecular flexibility index (Phi) is 5.69. The fraction of sp³-hybridized carbons (Fsp3) is 0.304. The number of imidazole rings is 1. The van der Waals surface area contributed by atoms with Gasteiger partial charge in [0.25, 0.3) is 5.91 Å². The van der Waals surface area contributed by atoms with Gasteiger partial charge in [-0.05, 0) is 43.2 Å². The van der Waals surface area contributed by atoms with Crippen LogP contribution in [0.2, 0.25) is 0 Å². The van der Waals surface area contributed by atoms with Crippen molar-refractivity contribution >= 4 is 23.0 Å². The maximum absolute atomic E-state index is 13.1. The van der Waals surface area contributed by atoms with Gasteiger partial charge in [0.1, 0.15) is 11.7 Å². The molecule has 2 N–H and O–H groups in total. The third kappa shape index (κ3) is 3.76. The van der Waals surface area contributed by atoms with E-state index in [0.29, 0.717) is 40.3 Å². The van der Waals surface area contributed by atoms with Crippen LogP contribution in [0.3, 0.4) is 0 Å². The fourth-order valence-corrected chi connectivity index (χ4v) is 4.11. The van der Waals surface area contributed by atoms with Gasteiger partial charge in [-0.25, -0.2) is 4.98 Å². The van der Waals surface area contributed by atoms with Gasteiger partial charge in [-0.1, -0.05) is 0 Å². The molecule has 3 heterocycles. The lowest BCUT2D eigenvalue weighted by Crippen LogP contribution is -2.38. The number of amides is 1. The summed E-state index contributed by atoms with van der Waals surface area (Å²) in [4.78, 5) is 19.3. The van der Waals surface area contributed by atoms with E-state index in [1.807, 2.05) is 4.90 Å². The second-order valence-corrected chi connectivity index (χ2v) is 7.54. The summed E-state index contributed by atoms with van der Waals surface area (Å²) >= 11 is 0. The number of hydrogen-bond acceptors (Lipinski definition) is 6. The van der Waals surface area contributed by atoms with Crippen molar-refractivity contribution in [3.8, 4) is 6.07 Å². The van der Waals surface area contributed by atoms with Gasteiger partial charge in [-0.15, -0.1) is 0 Å². The first kappa shape index (κ1) is 20.6. The molecule has 0 saturated carbocycles. The van der Waals surface area contributed by atoms with E-state index in [4.69, 9.17) is 10.1 Å². The van der Waals surface area contributed by atoms with Gasteiger partial charge < -0.3 is 15.0 Å². The van der Waals surface area contributed by atoms with Crippen LogP contribution >= 0.6 is 0 Å². The first-order valence-electron chi connectivity index (χ1n) is 10.2. The number of pyridine rings is 1. The van der Waals surface area contributed by atoms with E-state index >= 15 is 0 Å². The molecule has 1 fully saturated rings. The zero-order valence-corrected chi connectivity index (χ0v) is 17.6. The smallest absolute Gasteiger partial charge is 0.254 e.